The third kappa shape index (κ3) is 3.94. The van der Waals surface area contributed by atoms with E-state index in [1.165, 1.54) is 12.1 Å². The number of carbonyl (C=O) groups is 1. The van der Waals surface area contributed by atoms with Gasteiger partial charge in [-0.05, 0) is 43.5 Å². The van der Waals surface area contributed by atoms with Crippen LogP contribution in [0.15, 0.2) is 60.8 Å². The van der Waals surface area contributed by atoms with Crippen LogP contribution in [0.5, 0.6) is 11.8 Å². The van der Waals surface area contributed by atoms with Crippen molar-refractivity contribution in [1.82, 2.24) is 14.5 Å². The molecule has 0 saturated carbocycles. The zero-order chi connectivity index (χ0) is 20.4. The Balaban J connectivity index is 1.51. The van der Waals surface area contributed by atoms with E-state index in [9.17, 15) is 9.18 Å². The van der Waals surface area contributed by atoms with E-state index >= 15 is 0 Å². The van der Waals surface area contributed by atoms with Gasteiger partial charge in [0.1, 0.15) is 6.54 Å². The van der Waals surface area contributed by atoms with E-state index in [2.05, 4.69) is 15.3 Å². The number of anilines is 1. The summed E-state index contributed by atoms with van der Waals surface area (Å²) >= 11 is 0. The summed E-state index contributed by atoms with van der Waals surface area (Å²) in [6, 6.07) is 15.9. The Morgan fingerprint density at radius 2 is 1.72 bits per heavy atom. The van der Waals surface area contributed by atoms with Crippen LogP contribution in [0.4, 0.5) is 10.1 Å². The van der Waals surface area contributed by atoms with E-state index in [0.717, 1.165) is 10.9 Å². The second-order valence-corrected chi connectivity index (χ2v) is 6.64. The average molecular weight is 390 g/mol. The van der Waals surface area contributed by atoms with E-state index in [1.54, 1.807) is 26.0 Å². The number of aryl methyl sites for hydroxylation is 2. The number of hydrogen-bond acceptors (Lipinski definition) is 4. The topological polar surface area (TPSA) is 69.0 Å². The molecular weight excluding hydrogens is 371 g/mol. The second kappa shape index (κ2) is 7.71. The monoisotopic (exact) mass is 390 g/mol. The first-order valence-corrected chi connectivity index (χ1v) is 9.12. The number of hydrogen-bond donors (Lipinski definition) is 1. The number of nitrogens with zero attached hydrogens (tertiary/aromatic N) is 3. The van der Waals surface area contributed by atoms with Gasteiger partial charge < -0.3 is 14.6 Å². The van der Waals surface area contributed by atoms with Gasteiger partial charge in [-0.15, -0.1) is 0 Å². The largest absolute Gasteiger partial charge is 0.421 e. The van der Waals surface area contributed by atoms with Crippen molar-refractivity contribution in [2.24, 2.45) is 0 Å². The Morgan fingerprint density at radius 3 is 2.48 bits per heavy atom. The highest BCUT2D eigenvalue weighted by atomic mass is 19.1. The molecule has 146 valence electrons. The first-order valence-electron chi connectivity index (χ1n) is 9.12. The highest BCUT2D eigenvalue weighted by Crippen LogP contribution is 2.25. The maximum atomic E-state index is 13.8. The minimum Gasteiger partial charge on any atom is -0.421 e. The minimum atomic E-state index is -0.497. The van der Waals surface area contributed by atoms with Crippen molar-refractivity contribution in [3.63, 3.8) is 0 Å². The molecule has 2 heterocycles. The Kier molecular flexibility index (Phi) is 4.95. The highest BCUT2D eigenvalue weighted by Gasteiger charge is 2.15. The molecule has 7 heteroatoms. The van der Waals surface area contributed by atoms with Crippen molar-refractivity contribution in [2.45, 2.75) is 20.4 Å². The third-order valence-electron chi connectivity index (χ3n) is 4.55. The van der Waals surface area contributed by atoms with Gasteiger partial charge in [-0.25, -0.2) is 4.39 Å². The van der Waals surface area contributed by atoms with E-state index in [0.29, 0.717) is 17.1 Å². The lowest BCUT2D eigenvalue weighted by molar-refractivity contribution is -0.116. The molecular formula is C22H19FN4O2. The summed E-state index contributed by atoms with van der Waals surface area (Å²) < 4.78 is 21.1. The van der Waals surface area contributed by atoms with Crippen molar-refractivity contribution in [3.8, 4) is 11.8 Å². The smallest absolute Gasteiger partial charge is 0.322 e. The summed E-state index contributed by atoms with van der Waals surface area (Å²) in [5.74, 6) is -0.644. The molecule has 2 aromatic carbocycles. The number of nitrogens with one attached hydrogen (secondary N) is 1. The van der Waals surface area contributed by atoms with Gasteiger partial charge in [0.25, 0.3) is 0 Å². The van der Waals surface area contributed by atoms with E-state index in [1.807, 2.05) is 41.1 Å². The number of amides is 1. The quantitative estimate of drug-likeness (QED) is 0.540. The number of rotatable bonds is 5. The number of fused-ring (bicyclic) bond motifs is 1. The van der Waals surface area contributed by atoms with Crippen LogP contribution in [0.3, 0.4) is 0 Å². The van der Waals surface area contributed by atoms with Gasteiger partial charge in [-0.3, -0.25) is 4.79 Å². The molecule has 29 heavy (non-hydrogen) atoms. The van der Waals surface area contributed by atoms with Crippen LogP contribution >= 0.6 is 0 Å². The SMILES string of the molecule is Cc1nc(Oc2ccccc2F)nc(C)c1NC(=O)Cn1ccc2ccccc21. The van der Waals surface area contributed by atoms with Crippen molar-refractivity contribution in [1.29, 1.82) is 0 Å². The summed E-state index contributed by atoms with van der Waals surface area (Å²) in [7, 11) is 0. The molecule has 0 aliphatic rings. The zero-order valence-electron chi connectivity index (χ0n) is 16.0. The van der Waals surface area contributed by atoms with Crippen LogP contribution in [0.2, 0.25) is 0 Å². The first-order chi connectivity index (χ1) is 14.0. The summed E-state index contributed by atoms with van der Waals surface area (Å²) in [6.45, 7) is 3.65. The van der Waals surface area contributed by atoms with Gasteiger partial charge in [0.15, 0.2) is 11.6 Å². The molecule has 0 fully saturated rings. The maximum absolute atomic E-state index is 13.8. The van der Waals surface area contributed by atoms with Gasteiger partial charge >= 0.3 is 6.01 Å². The van der Waals surface area contributed by atoms with E-state index in [4.69, 9.17) is 4.74 Å². The fourth-order valence-electron chi connectivity index (χ4n) is 3.15. The van der Waals surface area contributed by atoms with Crippen molar-refractivity contribution >= 4 is 22.5 Å². The van der Waals surface area contributed by atoms with Gasteiger partial charge in [-0.1, -0.05) is 30.3 Å². The second-order valence-electron chi connectivity index (χ2n) is 6.64. The number of para-hydroxylation sites is 2. The number of aromatic nitrogens is 3. The molecule has 0 spiro atoms. The van der Waals surface area contributed by atoms with Gasteiger partial charge in [0.2, 0.25) is 5.91 Å². The summed E-state index contributed by atoms with van der Waals surface area (Å²) in [6.07, 6.45) is 1.88. The molecule has 1 N–H and O–H groups in total. The van der Waals surface area contributed by atoms with Crippen LogP contribution in [-0.4, -0.2) is 20.4 Å². The highest BCUT2D eigenvalue weighted by molar-refractivity contribution is 5.93. The van der Waals surface area contributed by atoms with Gasteiger partial charge in [-0.2, -0.15) is 9.97 Å². The maximum Gasteiger partial charge on any atom is 0.322 e. The summed E-state index contributed by atoms with van der Waals surface area (Å²) in [5, 5.41) is 3.94. The van der Waals surface area contributed by atoms with Crippen LogP contribution in [-0.2, 0) is 11.3 Å². The zero-order valence-corrected chi connectivity index (χ0v) is 16.0. The predicted molar refractivity (Wildman–Crippen MR) is 109 cm³/mol. The van der Waals surface area contributed by atoms with Gasteiger partial charge in [0, 0.05) is 11.7 Å². The van der Waals surface area contributed by atoms with E-state index in [-0.39, 0.29) is 24.2 Å². The Hall–Kier alpha value is -3.74. The van der Waals surface area contributed by atoms with Crippen LogP contribution in [0.1, 0.15) is 11.4 Å². The predicted octanol–water partition coefficient (Wildman–Crippen LogP) is 4.62. The molecule has 0 saturated heterocycles. The number of carbonyl (C=O) groups excluding carboxylic acids is 1. The first kappa shape index (κ1) is 18.6. The molecule has 2 aromatic heterocycles. The third-order valence-corrected chi connectivity index (χ3v) is 4.55. The van der Waals surface area contributed by atoms with Crippen LogP contribution in [0.25, 0.3) is 10.9 Å². The fourth-order valence-corrected chi connectivity index (χ4v) is 3.15. The molecule has 0 bridgehead atoms. The molecule has 0 atom stereocenters. The van der Waals surface area contributed by atoms with Crippen molar-refractivity contribution < 1.29 is 13.9 Å². The fraction of sp³-hybridized carbons (Fsp3) is 0.136. The lowest BCUT2D eigenvalue weighted by atomic mass is 10.2. The molecule has 0 unspecified atom stereocenters. The van der Waals surface area contributed by atoms with Gasteiger partial charge in [0.05, 0.1) is 17.1 Å². The molecule has 4 rings (SSSR count). The molecule has 4 aromatic rings. The summed E-state index contributed by atoms with van der Waals surface area (Å²) in [4.78, 5) is 21.1. The average Bonchev–Trinajstić information content (AvgIpc) is 3.09. The number of ether oxygens (including phenoxy) is 1. The molecule has 1 amide bonds. The normalized spacial score (nSPS) is 10.9. The molecule has 0 aliphatic carbocycles. The Bertz CT molecular complexity index is 1180. The Morgan fingerprint density at radius 1 is 1.03 bits per heavy atom. The minimum absolute atomic E-state index is 0.0273. The van der Waals surface area contributed by atoms with E-state index < -0.39 is 5.82 Å². The lowest BCUT2D eigenvalue weighted by Gasteiger charge is -2.13. The number of benzene rings is 2. The molecule has 0 radical (unpaired) electrons. The molecule has 6 nitrogen and oxygen atoms in total. The Labute approximate surface area is 167 Å². The number of halogens is 1. The van der Waals surface area contributed by atoms with Crippen LogP contribution < -0.4 is 10.1 Å². The lowest BCUT2D eigenvalue weighted by Crippen LogP contribution is -2.20. The van der Waals surface area contributed by atoms with Crippen LogP contribution in [0, 0.1) is 19.7 Å². The standard InChI is InChI=1S/C22H19FN4O2/c1-14-21(15(2)25-22(24-14)29-19-10-6-4-8-17(19)23)26-20(28)13-27-12-11-16-7-3-5-9-18(16)27/h3-12H,13H2,1-2H3,(H,26,28). The van der Waals surface area contributed by atoms with Crippen molar-refractivity contribution in [3.05, 3.63) is 78.0 Å². The molecule has 0 aliphatic heterocycles. The summed E-state index contributed by atoms with van der Waals surface area (Å²) in [5.41, 5.74) is 2.58. The van der Waals surface area contributed by atoms with Crippen molar-refractivity contribution in [2.75, 3.05) is 5.32 Å².